The molecule has 120 valence electrons. The zero-order chi connectivity index (χ0) is 15.7. The monoisotopic (exact) mass is 291 g/mol. The van der Waals surface area contributed by atoms with Crippen LogP contribution < -0.4 is 5.32 Å². The first-order valence-corrected chi connectivity index (χ1v) is 8.43. The van der Waals surface area contributed by atoms with Crippen molar-refractivity contribution >= 4 is 0 Å². The number of hydrogen-bond donors (Lipinski definition) is 1. The van der Waals surface area contributed by atoms with Crippen LogP contribution in [-0.2, 0) is 13.5 Å². The van der Waals surface area contributed by atoms with E-state index in [-0.39, 0.29) is 0 Å². The molecule has 1 heterocycles. The Morgan fingerprint density at radius 3 is 2.62 bits per heavy atom. The molecule has 3 heteroatoms. The molecule has 0 radical (unpaired) electrons. The Hall–Kier alpha value is -1.09. The average molecular weight is 291 g/mol. The van der Waals surface area contributed by atoms with Gasteiger partial charge in [0, 0.05) is 18.8 Å². The molecule has 1 atom stereocenters. The lowest BCUT2D eigenvalue weighted by molar-refractivity contribution is 0.453. The van der Waals surface area contributed by atoms with Crippen LogP contribution in [-0.4, -0.2) is 22.4 Å². The summed E-state index contributed by atoms with van der Waals surface area (Å²) in [5, 5.41) is 8.26. The Morgan fingerprint density at radius 2 is 2.05 bits per heavy atom. The number of aryl methyl sites for hydroxylation is 2. The van der Waals surface area contributed by atoms with Crippen LogP contribution >= 0.6 is 0 Å². The summed E-state index contributed by atoms with van der Waals surface area (Å²) in [6.45, 7) is 11.4. The number of nitrogens with zero attached hydrogens (tertiary/aromatic N) is 2. The van der Waals surface area contributed by atoms with Crippen LogP contribution in [0.4, 0.5) is 0 Å². The number of aromatic nitrogens is 2. The summed E-state index contributed by atoms with van der Waals surface area (Å²) in [6, 6.07) is 0.579. The molecule has 0 saturated carbocycles. The number of hydrogen-bond acceptors (Lipinski definition) is 2. The Labute approximate surface area is 130 Å². The van der Waals surface area contributed by atoms with Gasteiger partial charge in [0.25, 0.3) is 0 Å². The van der Waals surface area contributed by atoms with E-state index in [4.69, 9.17) is 0 Å². The second-order valence-electron chi connectivity index (χ2n) is 6.05. The maximum absolute atomic E-state index is 4.54. The Balaban J connectivity index is 2.54. The quantitative estimate of drug-likeness (QED) is 0.492. The molecule has 1 unspecified atom stereocenters. The number of allylic oxidation sites excluding steroid dienone is 1. The molecule has 0 aliphatic heterocycles. The number of nitrogens with one attached hydrogen (secondary N) is 1. The number of rotatable bonds is 11. The van der Waals surface area contributed by atoms with Gasteiger partial charge >= 0.3 is 0 Å². The molecule has 0 aliphatic rings. The molecular weight excluding hydrogens is 258 g/mol. The van der Waals surface area contributed by atoms with E-state index in [0.717, 1.165) is 19.4 Å². The van der Waals surface area contributed by atoms with Crippen molar-refractivity contribution in [1.82, 2.24) is 15.1 Å². The van der Waals surface area contributed by atoms with Crippen molar-refractivity contribution in [3.63, 3.8) is 0 Å². The summed E-state index contributed by atoms with van der Waals surface area (Å²) in [6.07, 6.45) is 10.6. The van der Waals surface area contributed by atoms with Gasteiger partial charge in [0.1, 0.15) is 0 Å². The molecule has 1 aromatic rings. The van der Waals surface area contributed by atoms with Crippen LogP contribution in [0.25, 0.3) is 0 Å². The standard InChI is InChI=1S/C18H33N3/c1-6-8-9-10-11-12-17(19-13-7-2)14-18-15(3)20-21(5)16(18)4/h6,17,19H,1,7-14H2,2-5H3. The molecular formula is C18H33N3. The van der Waals surface area contributed by atoms with Gasteiger partial charge in [0.05, 0.1) is 5.69 Å². The largest absolute Gasteiger partial charge is 0.314 e. The van der Waals surface area contributed by atoms with Crippen molar-refractivity contribution in [2.45, 2.75) is 71.8 Å². The van der Waals surface area contributed by atoms with Gasteiger partial charge in [-0.1, -0.05) is 25.8 Å². The highest BCUT2D eigenvalue weighted by molar-refractivity contribution is 5.25. The fourth-order valence-electron chi connectivity index (χ4n) is 2.84. The Morgan fingerprint density at radius 1 is 1.29 bits per heavy atom. The van der Waals surface area contributed by atoms with Crippen molar-refractivity contribution in [1.29, 1.82) is 0 Å². The molecule has 0 aliphatic carbocycles. The highest BCUT2D eigenvalue weighted by Crippen LogP contribution is 2.17. The van der Waals surface area contributed by atoms with Gasteiger partial charge < -0.3 is 5.32 Å². The first-order valence-electron chi connectivity index (χ1n) is 8.43. The first kappa shape index (κ1) is 18.0. The van der Waals surface area contributed by atoms with Gasteiger partial charge in [-0.2, -0.15) is 5.10 Å². The Bertz CT molecular complexity index is 420. The van der Waals surface area contributed by atoms with Crippen molar-refractivity contribution < 1.29 is 0 Å². The van der Waals surface area contributed by atoms with Crippen LogP contribution in [0, 0.1) is 13.8 Å². The minimum atomic E-state index is 0.579. The lowest BCUT2D eigenvalue weighted by Crippen LogP contribution is -2.32. The summed E-state index contributed by atoms with van der Waals surface area (Å²) in [7, 11) is 2.04. The van der Waals surface area contributed by atoms with Crippen LogP contribution in [0.5, 0.6) is 0 Å². The lowest BCUT2D eigenvalue weighted by Gasteiger charge is -2.19. The van der Waals surface area contributed by atoms with Crippen molar-refractivity contribution in [3.8, 4) is 0 Å². The van der Waals surface area contributed by atoms with Gasteiger partial charge in [0.2, 0.25) is 0 Å². The zero-order valence-electron chi connectivity index (χ0n) is 14.4. The third-order valence-electron chi connectivity index (χ3n) is 4.25. The molecule has 0 bridgehead atoms. The fraction of sp³-hybridized carbons (Fsp3) is 0.722. The molecule has 21 heavy (non-hydrogen) atoms. The van der Waals surface area contributed by atoms with Gasteiger partial charge in [-0.25, -0.2) is 0 Å². The van der Waals surface area contributed by atoms with Gasteiger partial charge in [0.15, 0.2) is 0 Å². The van der Waals surface area contributed by atoms with Crippen LogP contribution in [0.3, 0.4) is 0 Å². The van der Waals surface area contributed by atoms with E-state index in [1.54, 1.807) is 0 Å². The molecule has 0 amide bonds. The van der Waals surface area contributed by atoms with E-state index in [1.807, 2.05) is 17.8 Å². The Kier molecular flexibility index (Phi) is 8.36. The van der Waals surface area contributed by atoms with Gasteiger partial charge in [-0.05, 0) is 58.1 Å². The number of unbranched alkanes of at least 4 members (excludes halogenated alkanes) is 3. The molecule has 1 N–H and O–H groups in total. The summed E-state index contributed by atoms with van der Waals surface area (Å²) in [5.74, 6) is 0. The average Bonchev–Trinajstić information content (AvgIpc) is 2.70. The molecule has 3 nitrogen and oxygen atoms in total. The van der Waals surface area contributed by atoms with Crippen LogP contribution in [0.2, 0.25) is 0 Å². The van der Waals surface area contributed by atoms with E-state index >= 15 is 0 Å². The maximum atomic E-state index is 4.54. The summed E-state index contributed by atoms with van der Waals surface area (Å²) in [4.78, 5) is 0. The smallest absolute Gasteiger partial charge is 0.0628 e. The van der Waals surface area contributed by atoms with Crippen molar-refractivity contribution in [2.75, 3.05) is 6.54 Å². The molecule has 1 rings (SSSR count). The topological polar surface area (TPSA) is 29.9 Å². The summed E-state index contributed by atoms with van der Waals surface area (Å²) < 4.78 is 2.01. The molecule has 0 saturated heterocycles. The highest BCUT2D eigenvalue weighted by Gasteiger charge is 2.15. The highest BCUT2D eigenvalue weighted by atomic mass is 15.3. The first-order chi connectivity index (χ1) is 10.1. The van der Waals surface area contributed by atoms with E-state index in [1.165, 1.54) is 49.1 Å². The van der Waals surface area contributed by atoms with E-state index in [2.05, 4.69) is 37.8 Å². The zero-order valence-corrected chi connectivity index (χ0v) is 14.4. The fourth-order valence-corrected chi connectivity index (χ4v) is 2.84. The van der Waals surface area contributed by atoms with E-state index in [9.17, 15) is 0 Å². The van der Waals surface area contributed by atoms with Gasteiger partial charge in [-0.3, -0.25) is 4.68 Å². The maximum Gasteiger partial charge on any atom is 0.0628 e. The van der Waals surface area contributed by atoms with Crippen molar-refractivity contribution in [3.05, 3.63) is 29.6 Å². The van der Waals surface area contributed by atoms with Gasteiger partial charge in [-0.15, -0.1) is 6.58 Å². The lowest BCUT2D eigenvalue weighted by atomic mass is 9.98. The summed E-state index contributed by atoms with van der Waals surface area (Å²) >= 11 is 0. The predicted molar refractivity (Wildman–Crippen MR) is 91.7 cm³/mol. The molecule has 0 fully saturated rings. The second-order valence-corrected chi connectivity index (χ2v) is 6.05. The van der Waals surface area contributed by atoms with E-state index in [0.29, 0.717) is 6.04 Å². The second kappa shape index (κ2) is 9.78. The van der Waals surface area contributed by atoms with Crippen LogP contribution in [0.15, 0.2) is 12.7 Å². The normalized spacial score (nSPS) is 12.6. The SMILES string of the molecule is C=CCCCCCC(Cc1c(C)nn(C)c1C)NCCC. The van der Waals surface area contributed by atoms with Crippen molar-refractivity contribution in [2.24, 2.45) is 7.05 Å². The third-order valence-corrected chi connectivity index (χ3v) is 4.25. The molecule has 1 aromatic heterocycles. The molecule has 0 aromatic carbocycles. The summed E-state index contributed by atoms with van der Waals surface area (Å²) in [5.41, 5.74) is 3.92. The minimum Gasteiger partial charge on any atom is -0.314 e. The molecule has 0 spiro atoms. The predicted octanol–water partition coefficient (Wildman–Crippen LogP) is 4.08. The third kappa shape index (κ3) is 6.04. The minimum absolute atomic E-state index is 0.579. The van der Waals surface area contributed by atoms with Crippen LogP contribution in [0.1, 0.15) is 62.4 Å². The van der Waals surface area contributed by atoms with E-state index < -0.39 is 0 Å².